The van der Waals surface area contributed by atoms with Gasteiger partial charge in [-0.3, -0.25) is 9.69 Å². The van der Waals surface area contributed by atoms with Crippen LogP contribution >= 0.6 is 0 Å². The fourth-order valence-electron chi connectivity index (χ4n) is 3.05. The smallest absolute Gasteiger partial charge is 0.240 e. The highest BCUT2D eigenvalue weighted by molar-refractivity contribution is 5.82. The van der Waals surface area contributed by atoms with E-state index in [1.165, 1.54) is 0 Å². The van der Waals surface area contributed by atoms with Gasteiger partial charge in [-0.1, -0.05) is 20.8 Å². The standard InChI is InChI=1S/C16H31N3O2/c1-16(2,3)14(17)15(20)19-6-4-13(5-7-19)12-18-8-10-21-11-9-18/h13-14H,4-12,17H2,1-3H3. The van der Waals surface area contributed by atoms with Crippen LogP contribution in [0.25, 0.3) is 0 Å². The molecule has 1 unspecified atom stereocenters. The van der Waals surface area contributed by atoms with E-state index in [0.29, 0.717) is 5.92 Å². The van der Waals surface area contributed by atoms with Gasteiger partial charge in [0.2, 0.25) is 5.91 Å². The van der Waals surface area contributed by atoms with E-state index < -0.39 is 6.04 Å². The molecule has 0 bridgehead atoms. The number of nitrogens with zero attached hydrogens (tertiary/aromatic N) is 2. The normalized spacial score (nSPS) is 24.1. The van der Waals surface area contributed by atoms with E-state index in [9.17, 15) is 4.79 Å². The summed E-state index contributed by atoms with van der Waals surface area (Å²) < 4.78 is 5.39. The van der Waals surface area contributed by atoms with E-state index >= 15 is 0 Å². The predicted octanol–water partition coefficient (Wildman–Crippen LogP) is 0.931. The average Bonchev–Trinajstić information content (AvgIpc) is 2.46. The fourth-order valence-corrected chi connectivity index (χ4v) is 3.05. The van der Waals surface area contributed by atoms with Gasteiger partial charge in [0.05, 0.1) is 19.3 Å². The van der Waals surface area contributed by atoms with E-state index in [-0.39, 0.29) is 11.3 Å². The van der Waals surface area contributed by atoms with Crippen LogP contribution in [0.4, 0.5) is 0 Å². The zero-order chi connectivity index (χ0) is 15.5. The molecule has 122 valence electrons. The van der Waals surface area contributed by atoms with Crippen molar-refractivity contribution in [3.05, 3.63) is 0 Å². The second-order valence-corrected chi connectivity index (χ2v) is 7.53. The Kier molecular flexibility index (Phi) is 5.63. The molecule has 2 aliphatic rings. The number of carbonyl (C=O) groups excluding carboxylic acids is 1. The van der Waals surface area contributed by atoms with Crippen LogP contribution < -0.4 is 5.73 Å². The molecule has 2 saturated heterocycles. The molecule has 1 amide bonds. The van der Waals surface area contributed by atoms with Gasteiger partial charge in [-0.2, -0.15) is 0 Å². The summed E-state index contributed by atoms with van der Waals surface area (Å²) in [4.78, 5) is 16.9. The number of ether oxygens (including phenoxy) is 1. The third-order valence-electron chi connectivity index (χ3n) is 4.75. The highest BCUT2D eigenvalue weighted by Gasteiger charge is 2.33. The lowest BCUT2D eigenvalue weighted by molar-refractivity contribution is -0.136. The maximum Gasteiger partial charge on any atom is 0.240 e. The van der Waals surface area contributed by atoms with Crippen molar-refractivity contribution in [1.82, 2.24) is 9.80 Å². The SMILES string of the molecule is CC(C)(C)C(N)C(=O)N1CCC(CN2CCOCC2)CC1. The van der Waals surface area contributed by atoms with E-state index in [4.69, 9.17) is 10.5 Å². The number of hydrogen-bond donors (Lipinski definition) is 1. The topological polar surface area (TPSA) is 58.8 Å². The summed E-state index contributed by atoms with van der Waals surface area (Å²) in [5.74, 6) is 0.824. The zero-order valence-corrected chi connectivity index (χ0v) is 13.8. The van der Waals surface area contributed by atoms with Crippen LogP contribution in [0.5, 0.6) is 0 Å². The molecule has 0 radical (unpaired) electrons. The minimum Gasteiger partial charge on any atom is -0.379 e. The molecule has 2 N–H and O–H groups in total. The second kappa shape index (κ2) is 7.07. The maximum atomic E-state index is 12.4. The zero-order valence-electron chi connectivity index (χ0n) is 13.8. The van der Waals surface area contributed by atoms with Gasteiger partial charge in [0.15, 0.2) is 0 Å². The van der Waals surface area contributed by atoms with Crippen molar-refractivity contribution in [3.63, 3.8) is 0 Å². The molecule has 21 heavy (non-hydrogen) atoms. The molecule has 0 aromatic heterocycles. The lowest BCUT2D eigenvalue weighted by Crippen LogP contribution is -2.53. The molecule has 0 aromatic rings. The maximum absolute atomic E-state index is 12.4. The van der Waals surface area contributed by atoms with Crippen molar-refractivity contribution in [1.29, 1.82) is 0 Å². The van der Waals surface area contributed by atoms with Crippen LogP contribution in [0.3, 0.4) is 0 Å². The quantitative estimate of drug-likeness (QED) is 0.842. The van der Waals surface area contributed by atoms with Crippen LogP contribution in [0, 0.1) is 11.3 Å². The Bertz CT molecular complexity index is 340. The first-order valence-electron chi connectivity index (χ1n) is 8.22. The Morgan fingerprint density at radius 2 is 1.76 bits per heavy atom. The average molecular weight is 297 g/mol. The number of nitrogens with two attached hydrogens (primary N) is 1. The number of morpholine rings is 1. The molecule has 2 rings (SSSR count). The van der Waals surface area contributed by atoms with E-state index in [2.05, 4.69) is 4.90 Å². The molecule has 0 spiro atoms. The molecule has 0 aromatic carbocycles. The molecular formula is C16H31N3O2. The highest BCUT2D eigenvalue weighted by Crippen LogP contribution is 2.23. The van der Waals surface area contributed by atoms with Gasteiger partial charge in [-0.05, 0) is 24.2 Å². The Labute approximate surface area is 128 Å². The van der Waals surface area contributed by atoms with E-state index in [0.717, 1.165) is 58.8 Å². The fraction of sp³-hybridized carbons (Fsp3) is 0.938. The molecule has 2 aliphatic heterocycles. The number of amides is 1. The molecule has 0 aliphatic carbocycles. The molecule has 2 heterocycles. The van der Waals surface area contributed by atoms with Crippen molar-refractivity contribution in [2.45, 2.75) is 39.7 Å². The summed E-state index contributed by atoms with van der Waals surface area (Å²) in [6.45, 7) is 12.8. The highest BCUT2D eigenvalue weighted by atomic mass is 16.5. The van der Waals surface area contributed by atoms with Crippen molar-refractivity contribution < 1.29 is 9.53 Å². The first-order valence-corrected chi connectivity index (χ1v) is 8.22. The number of carbonyl (C=O) groups is 1. The summed E-state index contributed by atoms with van der Waals surface area (Å²) in [6.07, 6.45) is 2.19. The minimum atomic E-state index is -0.395. The van der Waals surface area contributed by atoms with Crippen LogP contribution in [0.2, 0.25) is 0 Å². The number of piperidine rings is 1. The number of rotatable bonds is 3. The van der Waals surface area contributed by atoms with Gasteiger partial charge >= 0.3 is 0 Å². The molecule has 0 saturated carbocycles. The summed E-state index contributed by atoms with van der Waals surface area (Å²) in [7, 11) is 0. The van der Waals surface area contributed by atoms with Gasteiger partial charge in [0.1, 0.15) is 0 Å². The minimum absolute atomic E-state index is 0.118. The van der Waals surface area contributed by atoms with Gasteiger partial charge < -0.3 is 15.4 Å². The van der Waals surface area contributed by atoms with Gasteiger partial charge in [-0.15, -0.1) is 0 Å². The van der Waals surface area contributed by atoms with Crippen molar-refractivity contribution in [2.24, 2.45) is 17.1 Å². The van der Waals surface area contributed by atoms with Gasteiger partial charge in [0, 0.05) is 32.7 Å². The van der Waals surface area contributed by atoms with Gasteiger partial charge in [-0.25, -0.2) is 0 Å². The molecule has 1 atom stereocenters. The van der Waals surface area contributed by atoms with E-state index in [1.54, 1.807) is 0 Å². The van der Waals surface area contributed by atoms with Crippen LogP contribution in [0.1, 0.15) is 33.6 Å². The lowest BCUT2D eigenvalue weighted by atomic mass is 9.86. The van der Waals surface area contributed by atoms with Crippen molar-refractivity contribution >= 4 is 5.91 Å². The summed E-state index contributed by atoms with van der Waals surface area (Å²) in [5.41, 5.74) is 5.93. The van der Waals surface area contributed by atoms with Crippen LogP contribution in [-0.2, 0) is 9.53 Å². The first-order chi connectivity index (χ1) is 9.88. The summed E-state index contributed by atoms with van der Waals surface area (Å²) in [6, 6.07) is -0.395. The number of likely N-dealkylation sites (tertiary alicyclic amines) is 1. The Morgan fingerprint density at radius 1 is 1.19 bits per heavy atom. The number of hydrogen-bond acceptors (Lipinski definition) is 4. The summed E-state index contributed by atoms with van der Waals surface area (Å²) >= 11 is 0. The van der Waals surface area contributed by atoms with Crippen LogP contribution in [-0.4, -0.2) is 67.7 Å². The third-order valence-corrected chi connectivity index (χ3v) is 4.75. The largest absolute Gasteiger partial charge is 0.379 e. The molecular weight excluding hydrogens is 266 g/mol. The van der Waals surface area contributed by atoms with Crippen molar-refractivity contribution in [3.8, 4) is 0 Å². The molecule has 5 heteroatoms. The molecule has 2 fully saturated rings. The summed E-state index contributed by atoms with van der Waals surface area (Å²) in [5, 5.41) is 0. The monoisotopic (exact) mass is 297 g/mol. The predicted molar refractivity (Wildman–Crippen MR) is 84.0 cm³/mol. The first kappa shape index (κ1) is 16.7. The Balaban J connectivity index is 1.76. The van der Waals surface area contributed by atoms with Crippen molar-refractivity contribution in [2.75, 3.05) is 45.9 Å². The molecule has 5 nitrogen and oxygen atoms in total. The third kappa shape index (κ3) is 4.66. The van der Waals surface area contributed by atoms with Gasteiger partial charge in [0.25, 0.3) is 0 Å². The Hall–Kier alpha value is -0.650. The van der Waals surface area contributed by atoms with E-state index in [1.807, 2.05) is 25.7 Å². The van der Waals surface area contributed by atoms with Crippen LogP contribution in [0.15, 0.2) is 0 Å². The lowest BCUT2D eigenvalue weighted by Gasteiger charge is -2.38. The second-order valence-electron chi connectivity index (χ2n) is 7.53. The Morgan fingerprint density at radius 3 is 2.29 bits per heavy atom.